The number of carbonyl (C=O) groups is 5. The predicted octanol–water partition coefficient (Wildman–Crippen LogP) is 5.90. The Kier molecular flexibility index (Phi) is 15.4. The fourth-order valence-corrected chi connectivity index (χ4v) is 6.19. The van der Waals surface area contributed by atoms with Gasteiger partial charge in [0.15, 0.2) is 6.10 Å². The maximum absolute atomic E-state index is 13.8. The molecule has 2 aromatic rings. The third-order valence-corrected chi connectivity index (χ3v) is 9.26. The van der Waals surface area contributed by atoms with Crippen LogP contribution in [0, 0.1) is 17.3 Å². The van der Waals surface area contributed by atoms with Crippen molar-refractivity contribution >= 4 is 52.9 Å². The first-order valence-corrected chi connectivity index (χ1v) is 17.7. The number of cyclic esters (lactones) is 2. The van der Waals surface area contributed by atoms with Gasteiger partial charge in [0.25, 0.3) is 0 Å². The Bertz CT molecular complexity index is 1560. The van der Waals surface area contributed by atoms with Crippen LogP contribution in [0.1, 0.15) is 70.9 Å². The Morgan fingerprint density at radius 2 is 1.73 bits per heavy atom. The van der Waals surface area contributed by atoms with Gasteiger partial charge >= 0.3 is 17.9 Å². The van der Waals surface area contributed by atoms with Gasteiger partial charge in [0, 0.05) is 32.2 Å². The van der Waals surface area contributed by atoms with Crippen LogP contribution in [-0.2, 0) is 44.6 Å². The summed E-state index contributed by atoms with van der Waals surface area (Å²) in [5.74, 6) is -3.55. The summed E-state index contributed by atoms with van der Waals surface area (Å²) in [5, 5.41) is 5.00. The second-order valence-electron chi connectivity index (χ2n) is 13.7. The summed E-state index contributed by atoms with van der Waals surface area (Å²) in [5.41, 5.74) is 0.0682. The Balaban J connectivity index is 2.02. The molecule has 0 aromatic heterocycles. The summed E-state index contributed by atoms with van der Waals surface area (Å²) in [6.07, 6.45) is -0.233. The number of carbonyl (C=O) groups excluding carboxylic acids is 5. The minimum Gasteiger partial charge on any atom is -0.495 e. The monoisotopic (exact) mass is 746 g/mol. The average molecular weight is 748 g/mol. The first-order valence-electron chi connectivity index (χ1n) is 16.9. The van der Waals surface area contributed by atoms with Gasteiger partial charge in [0.05, 0.1) is 22.9 Å². The van der Waals surface area contributed by atoms with Gasteiger partial charge in [-0.15, -0.1) is 11.6 Å². The SMILES string of the molecule is COc1ccc(C[C@H]2NC(=O)/C=C/C[C@@H]([C@H](C)[C@@H](OC(C)=O)[C@@H](Cl)c3ccccc3)OC(=O)[C@H](CC(C)C)OC(=O)C(C)(C)CNC2=O)cc1Cl. The summed E-state index contributed by atoms with van der Waals surface area (Å²) >= 11 is 13.2. The maximum Gasteiger partial charge on any atom is 0.347 e. The van der Waals surface area contributed by atoms with Crippen LogP contribution in [0.5, 0.6) is 5.75 Å². The highest BCUT2D eigenvalue weighted by Crippen LogP contribution is 2.35. The number of methoxy groups -OCH3 is 1. The fraction of sp³-hybridized carbons (Fsp3) is 0.500. The van der Waals surface area contributed by atoms with Gasteiger partial charge in [-0.25, -0.2) is 4.79 Å². The van der Waals surface area contributed by atoms with E-state index in [9.17, 15) is 24.0 Å². The lowest BCUT2D eigenvalue weighted by Crippen LogP contribution is -2.51. The minimum absolute atomic E-state index is 0.00468. The van der Waals surface area contributed by atoms with Crippen molar-refractivity contribution in [3.63, 3.8) is 0 Å². The highest BCUT2D eigenvalue weighted by molar-refractivity contribution is 6.32. The van der Waals surface area contributed by atoms with Crippen LogP contribution in [0.25, 0.3) is 0 Å². The lowest BCUT2D eigenvalue weighted by molar-refractivity contribution is -0.181. The van der Waals surface area contributed by atoms with Crippen molar-refractivity contribution in [1.29, 1.82) is 0 Å². The molecule has 13 heteroatoms. The zero-order valence-corrected chi connectivity index (χ0v) is 31.6. The summed E-state index contributed by atoms with van der Waals surface area (Å²) in [4.78, 5) is 66.3. The molecular formula is C38H48Cl2N2O9. The number of esters is 3. The van der Waals surface area contributed by atoms with Crippen molar-refractivity contribution in [3.8, 4) is 5.75 Å². The second kappa shape index (κ2) is 18.9. The smallest absolute Gasteiger partial charge is 0.347 e. The van der Waals surface area contributed by atoms with Crippen molar-refractivity contribution in [2.75, 3.05) is 13.7 Å². The molecule has 0 aliphatic carbocycles. The van der Waals surface area contributed by atoms with E-state index in [2.05, 4.69) is 10.6 Å². The average Bonchev–Trinajstić information content (AvgIpc) is 3.07. The number of hydrogen-bond donors (Lipinski definition) is 2. The van der Waals surface area contributed by atoms with Crippen molar-refractivity contribution in [2.45, 2.75) is 90.5 Å². The molecule has 6 atom stereocenters. The van der Waals surface area contributed by atoms with Crippen molar-refractivity contribution in [3.05, 3.63) is 76.8 Å². The molecule has 2 amide bonds. The van der Waals surface area contributed by atoms with E-state index in [-0.39, 0.29) is 31.7 Å². The summed E-state index contributed by atoms with van der Waals surface area (Å²) in [7, 11) is 1.49. The normalized spacial score (nSPS) is 22.7. The Morgan fingerprint density at radius 3 is 2.33 bits per heavy atom. The Hall–Kier alpha value is -4.09. The first kappa shape index (κ1) is 41.3. The fourth-order valence-electron chi connectivity index (χ4n) is 5.48. The molecule has 0 unspecified atom stereocenters. The van der Waals surface area contributed by atoms with Crippen LogP contribution in [0.3, 0.4) is 0 Å². The van der Waals surface area contributed by atoms with Crippen LogP contribution < -0.4 is 15.4 Å². The van der Waals surface area contributed by atoms with E-state index in [0.717, 1.165) is 0 Å². The molecule has 1 heterocycles. The molecule has 1 aliphatic heterocycles. The van der Waals surface area contributed by atoms with Gasteiger partial charge < -0.3 is 29.6 Å². The number of rotatable bonds is 10. The maximum atomic E-state index is 13.8. The third-order valence-electron chi connectivity index (χ3n) is 8.46. The minimum atomic E-state index is -1.27. The number of hydrogen-bond acceptors (Lipinski definition) is 9. The summed E-state index contributed by atoms with van der Waals surface area (Å²) in [6, 6.07) is 13.0. The molecule has 2 N–H and O–H groups in total. The Labute approximate surface area is 309 Å². The van der Waals surface area contributed by atoms with Crippen molar-refractivity contribution < 1.29 is 42.9 Å². The highest BCUT2D eigenvalue weighted by atomic mass is 35.5. The zero-order chi connectivity index (χ0) is 37.9. The molecule has 0 saturated carbocycles. The summed E-state index contributed by atoms with van der Waals surface area (Å²) in [6.45, 7) is 9.73. The quantitative estimate of drug-likeness (QED) is 0.173. The third kappa shape index (κ3) is 12.3. The largest absolute Gasteiger partial charge is 0.495 e. The van der Waals surface area contributed by atoms with Gasteiger partial charge in [-0.2, -0.15) is 0 Å². The van der Waals surface area contributed by atoms with Crippen molar-refractivity contribution in [2.24, 2.45) is 17.3 Å². The van der Waals surface area contributed by atoms with Gasteiger partial charge in [0.2, 0.25) is 11.8 Å². The molecular weight excluding hydrogens is 699 g/mol. The topological polar surface area (TPSA) is 146 Å². The van der Waals surface area contributed by atoms with Crippen LogP contribution >= 0.6 is 23.2 Å². The first-order chi connectivity index (χ1) is 24.0. The zero-order valence-electron chi connectivity index (χ0n) is 30.1. The number of amides is 2. The molecule has 0 radical (unpaired) electrons. The standard InChI is InChI=1S/C38H48Cl2N2O9/c1-22(2)18-31-36(46)50-29(23(3)34(49-24(4)43)33(40)26-12-9-8-10-13-26)14-11-15-32(44)42-28(20-25-16-17-30(48-7)27(39)19-25)35(45)41-21-38(5,6)37(47)51-31/h8-13,15-17,19,22-23,28-29,31,33-34H,14,18,20-21H2,1-7H3,(H,41,45)(H,42,44)/b15-11+/t23-,28+,29-,31-,33-,34+/m0/s1. The van der Waals surface area contributed by atoms with Crippen LogP contribution in [0.2, 0.25) is 5.02 Å². The molecule has 0 saturated heterocycles. The number of ether oxygens (including phenoxy) is 4. The highest BCUT2D eigenvalue weighted by Gasteiger charge is 2.40. The lowest BCUT2D eigenvalue weighted by Gasteiger charge is -2.34. The van der Waals surface area contributed by atoms with E-state index in [0.29, 0.717) is 21.9 Å². The van der Waals surface area contributed by atoms with Crippen molar-refractivity contribution in [1.82, 2.24) is 10.6 Å². The molecule has 0 fully saturated rings. The van der Waals surface area contributed by atoms with E-state index in [1.165, 1.54) is 26.2 Å². The second-order valence-corrected chi connectivity index (χ2v) is 14.6. The van der Waals surface area contributed by atoms with E-state index in [1.54, 1.807) is 63.2 Å². The van der Waals surface area contributed by atoms with E-state index in [4.69, 9.17) is 42.1 Å². The van der Waals surface area contributed by atoms with Crippen LogP contribution in [0.4, 0.5) is 0 Å². The molecule has 0 bridgehead atoms. The van der Waals surface area contributed by atoms with Gasteiger partial charge in [-0.1, -0.05) is 74.8 Å². The number of nitrogens with one attached hydrogen (secondary N) is 2. The number of halogens is 2. The molecule has 11 nitrogen and oxygen atoms in total. The molecule has 2 aromatic carbocycles. The van der Waals surface area contributed by atoms with Crippen LogP contribution in [0.15, 0.2) is 60.7 Å². The molecule has 51 heavy (non-hydrogen) atoms. The Morgan fingerprint density at radius 1 is 1.04 bits per heavy atom. The molecule has 3 rings (SSSR count). The van der Waals surface area contributed by atoms with E-state index in [1.807, 2.05) is 19.9 Å². The van der Waals surface area contributed by atoms with Crippen LogP contribution in [-0.4, -0.2) is 67.7 Å². The van der Waals surface area contributed by atoms with Gasteiger partial charge in [-0.05, 0) is 55.5 Å². The number of alkyl halides is 1. The molecule has 1 aliphatic rings. The number of benzene rings is 2. The predicted molar refractivity (Wildman–Crippen MR) is 193 cm³/mol. The summed E-state index contributed by atoms with van der Waals surface area (Å²) < 4.78 is 22.7. The molecule has 0 spiro atoms. The lowest BCUT2D eigenvalue weighted by atomic mass is 9.90. The van der Waals surface area contributed by atoms with E-state index < -0.39 is 70.8 Å². The van der Waals surface area contributed by atoms with Gasteiger partial charge in [0.1, 0.15) is 24.0 Å². The molecule has 278 valence electrons. The van der Waals surface area contributed by atoms with Gasteiger partial charge in [-0.3, -0.25) is 19.2 Å². The van der Waals surface area contributed by atoms with E-state index >= 15 is 0 Å².